The number of carbonyl (C=O) groups is 1. The van der Waals surface area contributed by atoms with Gasteiger partial charge in [-0.05, 0) is 6.42 Å². The number of rotatable bonds is 5. The standard InChI is InChI=1S/C10H15N3O3/c1-2-3-6-16-9-7(14)4-5-13(12)8(9)10(11)15/h4-5H,2-3,6,12H2,1H3,(H2,11,15). The molecule has 88 valence electrons. The van der Waals surface area contributed by atoms with Gasteiger partial charge in [0.25, 0.3) is 5.91 Å². The predicted molar refractivity (Wildman–Crippen MR) is 59.8 cm³/mol. The highest BCUT2D eigenvalue weighted by Crippen LogP contribution is 2.11. The summed E-state index contributed by atoms with van der Waals surface area (Å²) < 4.78 is 6.23. The first-order valence-electron chi connectivity index (χ1n) is 5.01. The van der Waals surface area contributed by atoms with Crippen molar-refractivity contribution in [3.8, 4) is 5.75 Å². The molecule has 0 saturated carbocycles. The Morgan fingerprint density at radius 1 is 1.56 bits per heavy atom. The van der Waals surface area contributed by atoms with Gasteiger partial charge in [0.05, 0.1) is 6.61 Å². The van der Waals surface area contributed by atoms with Crippen LogP contribution in [0.4, 0.5) is 0 Å². The first-order chi connectivity index (χ1) is 7.57. The van der Waals surface area contributed by atoms with Gasteiger partial charge in [-0.25, -0.2) is 0 Å². The number of unbranched alkanes of at least 4 members (excludes halogenated alkanes) is 1. The number of hydrogen-bond acceptors (Lipinski definition) is 4. The minimum atomic E-state index is -0.785. The van der Waals surface area contributed by atoms with Crippen LogP contribution in [0.1, 0.15) is 30.3 Å². The van der Waals surface area contributed by atoms with Gasteiger partial charge in [0, 0.05) is 12.3 Å². The van der Waals surface area contributed by atoms with Crippen molar-refractivity contribution in [3.63, 3.8) is 0 Å². The highest BCUT2D eigenvalue weighted by molar-refractivity contribution is 5.93. The van der Waals surface area contributed by atoms with Gasteiger partial charge in [0.1, 0.15) is 0 Å². The molecule has 0 spiro atoms. The van der Waals surface area contributed by atoms with E-state index in [0.29, 0.717) is 6.61 Å². The smallest absolute Gasteiger partial charge is 0.271 e. The van der Waals surface area contributed by atoms with E-state index in [9.17, 15) is 9.59 Å². The van der Waals surface area contributed by atoms with Gasteiger partial charge >= 0.3 is 0 Å². The number of nitrogen functional groups attached to an aromatic ring is 1. The molecule has 1 aromatic rings. The second kappa shape index (κ2) is 5.20. The molecular formula is C10H15N3O3. The summed E-state index contributed by atoms with van der Waals surface area (Å²) in [4.78, 5) is 22.6. The van der Waals surface area contributed by atoms with Gasteiger partial charge in [-0.2, -0.15) is 0 Å². The van der Waals surface area contributed by atoms with Gasteiger partial charge in [0.15, 0.2) is 11.4 Å². The Hall–Kier alpha value is -1.98. The molecule has 0 aliphatic rings. The van der Waals surface area contributed by atoms with Crippen LogP contribution < -0.4 is 21.7 Å². The summed E-state index contributed by atoms with van der Waals surface area (Å²) in [5, 5.41) is 0. The van der Waals surface area contributed by atoms with E-state index < -0.39 is 11.3 Å². The zero-order valence-corrected chi connectivity index (χ0v) is 9.10. The molecule has 0 aromatic carbocycles. The van der Waals surface area contributed by atoms with Crippen LogP contribution in [0.25, 0.3) is 0 Å². The predicted octanol–water partition coefficient (Wildman–Crippen LogP) is -0.160. The van der Waals surface area contributed by atoms with Crippen molar-refractivity contribution in [1.82, 2.24) is 4.68 Å². The van der Waals surface area contributed by atoms with E-state index in [1.54, 1.807) is 0 Å². The molecule has 0 atom stereocenters. The molecular weight excluding hydrogens is 210 g/mol. The summed E-state index contributed by atoms with van der Waals surface area (Å²) in [6, 6.07) is 1.23. The summed E-state index contributed by atoms with van der Waals surface area (Å²) in [5.41, 5.74) is 4.63. The molecule has 1 amide bonds. The molecule has 6 nitrogen and oxygen atoms in total. The van der Waals surface area contributed by atoms with Crippen LogP contribution in [0.2, 0.25) is 0 Å². The van der Waals surface area contributed by atoms with Crippen molar-refractivity contribution in [2.45, 2.75) is 19.8 Å². The number of carbonyl (C=O) groups excluding carboxylic acids is 1. The Bertz CT molecular complexity index is 439. The minimum absolute atomic E-state index is 0.0778. The molecule has 1 heterocycles. The number of amides is 1. The number of ether oxygens (including phenoxy) is 1. The Morgan fingerprint density at radius 3 is 2.81 bits per heavy atom. The highest BCUT2D eigenvalue weighted by atomic mass is 16.5. The Labute approximate surface area is 92.8 Å². The third-order valence-corrected chi connectivity index (χ3v) is 2.06. The van der Waals surface area contributed by atoms with Crippen molar-refractivity contribution >= 4 is 5.91 Å². The zero-order chi connectivity index (χ0) is 12.1. The molecule has 0 bridgehead atoms. The lowest BCUT2D eigenvalue weighted by Crippen LogP contribution is -2.28. The van der Waals surface area contributed by atoms with E-state index in [1.807, 2.05) is 6.92 Å². The number of nitrogens with zero attached hydrogens (tertiary/aromatic N) is 1. The maximum atomic E-state index is 11.5. The van der Waals surface area contributed by atoms with Crippen LogP contribution in [0.15, 0.2) is 17.1 Å². The van der Waals surface area contributed by atoms with Crippen LogP contribution in [-0.4, -0.2) is 17.2 Å². The van der Waals surface area contributed by atoms with Crippen molar-refractivity contribution in [2.75, 3.05) is 12.4 Å². The number of aromatic nitrogens is 1. The molecule has 0 fully saturated rings. The third-order valence-electron chi connectivity index (χ3n) is 2.06. The van der Waals surface area contributed by atoms with E-state index in [2.05, 4.69) is 0 Å². The Kier molecular flexibility index (Phi) is 3.93. The summed E-state index contributed by atoms with van der Waals surface area (Å²) in [6.07, 6.45) is 2.99. The lowest BCUT2D eigenvalue weighted by atomic mass is 10.3. The average molecular weight is 225 g/mol. The molecule has 0 radical (unpaired) electrons. The molecule has 0 unspecified atom stereocenters. The number of hydrogen-bond donors (Lipinski definition) is 2. The van der Waals surface area contributed by atoms with Crippen molar-refractivity contribution < 1.29 is 9.53 Å². The zero-order valence-electron chi connectivity index (χ0n) is 9.10. The van der Waals surface area contributed by atoms with Gasteiger partial charge < -0.3 is 16.3 Å². The quantitative estimate of drug-likeness (QED) is 0.537. The second-order valence-corrected chi connectivity index (χ2v) is 3.33. The van der Waals surface area contributed by atoms with Crippen LogP contribution in [-0.2, 0) is 0 Å². The molecule has 0 aliphatic heterocycles. The minimum Gasteiger partial charge on any atom is -0.487 e. The molecule has 0 aliphatic carbocycles. The highest BCUT2D eigenvalue weighted by Gasteiger charge is 2.16. The lowest BCUT2D eigenvalue weighted by Gasteiger charge is -2.11. The fourth-order valence-corrected chi connectivity index (χ4v) is 1.23. The van der Waals surface area contributed by atoms with Crippen molar-refractivity contribution in [3.05, 3.63) is 28.2 Å². The maximum Gasteiger partial charge on any atom is 0.271 e. The molecule has 4 N–H and O–H groups in total. The summed E-state index contributed by atoms with van der Waals surface area (Å²) in [7, 11) is 0. The third kappa shape index (κ3) is 2.53. The van der Waals surface area contributed by atoms with Crippen LogP contribution >= 0.6 is 0 Å². The van der Waals surface area contributed by atoms with Crippen LogP contribution in [0, 0.1) is 0 Å². The van der Waals surface area contributed by atoms with E-state index in [-0.39, 0.29) is 11.4 Å². The van der Waals surface area contributed by atoms with E-state index in [4.69, 9.17) is 16.3 Å². The Balaban J connectivity index is 3.09. The Morgan fingerprint density at radius 2 is 2.25 bits per heavy atom. The molecule has 6 heteroatoms. The van der Waals surface area contributed by atoms with Crippen molar-refractivity contribution in [1.29, 1.82) is 0 Å². The fourth-order valence-electron chi connectivity index (χ4n) is 1.23. The molecule has 1 aromatic heterocycles. The number of nitrogens with two attached hydrogens (primary N) is 2. The first-order valence-corrected chi connectivity index (χ1v) is 5.01. The number of pyridine rings is 1. The first kappa shape index (κ1) is 12.1. The normalized spacial score (nSPS) is 10.1. The lowest BCUT2D eigenvalue weighted by molar-refractivity contribution is 0.0987. The van der Waals surface area contributed by atoms with Gasteiger partial charge in [-0.15, -0.1) is 0 Å². The molecule has 1 rings (SSSR count). The monoisotopic (exact) mass is 225 g/mol. The van der Waals surface area contributed by atoms with E-state index in [1.165, 1.54) is 12.3 Å². The average Bonchev–Trinajstić information content (AvgIpc) is 2.23. The summed E-state index contributed by atoms with van der Waals surface area (Å²) >= 11 is 0. The van der Waals surface area contributed by atoms with Gasteiger partial charge in [-0.3, -0.25) is 14.3 Å². The van der Waals surface area contributed by atoms with Gasteiger partial charge in [-0.1, -0.05) is 13.3 Å². The largest absolute Gasteiger partial charge is 0.487 e. The molecule has 0 saturated heterocycles. The topological polar surface area (TPSA) is 100 Å². The number of primary amides is 1. The van der Waals surface area contributed by atoms with E-state index >= 15 is 0 Å². The van der Waals surface area contributed by atoms with Gasteiger partial charge in [0.2, 0.25) is 5.43 Å². The fraction of sp³-hybridized carbons (Fsp3) is 0.400. The summed E-state index contributed by atoms with van der Waals surface area (Å²) in [6.45, 7) is 2.35. The molecule has 16 heavy (non-hydrogen) atoms. The van der Waals surface area contributed by atoms with Crippen molar-refractivity contribution in [2.24, 2.45) is 5.73 Å². The SMILES string of the molecule is CCCCOc1c(C(N)=O)n(N)ccc1=O. The second-order valence-electron chi connectivity index (χ2n) is 3.33. The van der Waals surface area contributed by atoms with E-state index in [0.717, 1.165) is 17.5 Å². The maximum absolute atomic E-state index is 11.5. The summed E-state index contributed by atoms with van der Waals surface area (Å²) in [5.74, 6) is 4.63. The van der Waals surface area contributed by atoms with Crippen LogP contribution in [0.3, 0.4) is 0 Å². The van der Waals surface area contributed by atoms with Crippen LogP contribution in [0.5, 0.6) is 5.75 Å².